The van der Waals surface area contributed by atoms with Gasteiger partial charge in [-0.3, -0.25) is 0 Å². The van der Waals surface area contributed by atoms with Crippen LogP contribution in [-0.4, -0.2) is 42.1 Å². The molecule has 0 bridgehead atoms. The molecule has 0 fully saturated rings. The van der Waals surface area contributed by atoms with Crippen LogP contribution < -0.4 is 5.32 Å². The molecule has 0 radical (unpaired) electrons. The standard InChI is InChI=1S/C26H29N3O3/c1-26(18-31-2)16-22(11-12-23(26)20-8-4-3-5-9-20)25-28-24(29-32-25)21-10-6-7-19(15-21)17-27-13-14-30/h3-12,15-16,23,27,30H,13-14,17-18H2,1-2H3. The molecular formula is C26H29N3O3. The van der Waals surface area contributed by atoms with Crippen LogP contribution >= 0.6 is 0 Å². The molecule has 2 unspecified atom stereocenters. The summed E-state index contributed by atoms with van der Waals surface area (Å²) in [6.07, 6.45) is 6.43. The van der Waals surface area contributed by atoms with E-state index in [1.165, 1.54) is 5.56 Å². The van der Waals surface area contributed by atoms with Gasteiger partial charge in [0.05, 0.1) is 13.2 Å². The lowest BCUT2D eigenvalue weighted by Gasteiger charge is -2.36. The van der Waals surface area contributed by atoms with Crippen LogP contribution in [0.3, 0.4) is 0 Å². The summed E-state index contributed by atoms with van der Waals surface area (Å²) in [6, 6.07) is 18.5. The fraction of sp³-hybridized carbons (Fsp3) is 0.308. The van der Waals surface area contributed by atoms with Crippen molar-refractivity contribution in [3.8, 4) is 11.4 Å². The Kier molecular flexibility index (Phi) is 6.95. The molecule has 2 aromatic carbocycles. The Balaban J connectivity index is 1.58. The first-order valence-electron chi connectivity index (χ1n) is 10.8. The predicted molar refractivity (Wildman–Crippen MR) is 125 cm³/mol. The molecule has 0 spiro atoms. The van der Waals surface area contributed by atoms with Crippen molar-refractivity contribution in [3.63, 3.8) is 0 Å². The fourth-order valence-electron chi connectivity index (χ4n) is 4.23. The summed E-state index contributed by atoms with van der Waals surface area (Å²) >= 11 is 0. The molecule has 0 saturated heterocycles. The number of methoxy groups -OCH3 is 1. The second-order valence-corrected chi connectivity index (χ2v) is 8.31. The third-order valence-corrected chi connectivity index (χ3v) is 5.75. The molecule has 6 heteroatoms. The molecule has 4 rings (SSSR count). The Labute approximate surface area is 188 Å². The molecule has 0 saturated carbocycles. The maximum absolute atomic E-state index is 8.94. The highest BCUT2D eigenvalue weighted by molar-refractivity contribution is 5.72. The van der Waals surface area contributed by atoms with Crippen molar-refractivity contribution in [2.24, 2.45) is 5.41 Å². The van der Waals surface area contributed by atoms with E-state index in [1.807, 2.05) is 30.3 Å². The van der Waals surface area contributed by atoms with E-state index >= 15 is 0 Å². The Morgan fingerprint density at radius 1 is 1.16 bits per heavy atom. The van der Waals surface area contributed by atoms with E-state index in [-0.39, 0.29) is 17.9 Å². The topological polar surface area (TPSA) is 80.4 Å². The smallest absolute Gasteiger partial charge is 0.257 e. The zero-order valence-electron chi connectivity index (χ0n) is 18.5. The van der Waals surface area contributed by atoms with Crippen molar-refractivity contribution in [1.82, 2.24) is 15.5 Å². The molecule has 1 aliphatic carbocycles. The van der Waals surface area contributed by atoms with Crippen LogP contribution in [0.15, 0.2) is 77.3 Å². The first kappa shape index (κ1) is 22.1. The summed E-state index contributed by atoms with van der Waals surface area (Å²) < 4.78 is 11.2. The summed E-state index contributed by atoms with van der Waals surface area (Å²) in [6.45, 7) is 4.11. The highest BCUT2D eigenvalue weighted by atomic mass is 16.5. The quantitative estimate of drug-likeness (QED) is 0.494. The molecule has 0 aliphatic heterocycles. The lowest BCUT2D eigenvalue weighted by molar-refractivity contribution is 0.113. The van der Waals surface area contributed by atoms with Gasteiger partial charge in [-0.1, -0.05) is 78.8 Å². The van der Waals surface area contributed by atoms with E-state index in [0.29, 0.717) is 31.4 Å². The van der Waals surface area contributed by atoms with Crippen LogP contribution in [0.5, 0.6) is 0 Å². The van der Waals surface area contributed by atoms with Crippen LogP contribution in [0, 0.1) is 5.41 Å². The van der Waals surface area contributed by atoms with Crippen molar-refractivity contribution in [2.75, 3.05) is 26.9 Å². The van der Waals surface area contributed by atoms with Gasteiger partial charge in [0.2, 0.25) is 5.82 Å². The number of ether oxygens (including phenoxy) is 1. The average molecular weight is 432 g/mol. The molecule has 166 valence electrons. The van der Waals surface area contributed by atoms with E-state index in [2.05, 4.69) is 64.9 Å². The van der Waals surface area contributed by atoms with Gasteiger partial charge in [0.25, 0.3) is 5.89 Å². The first-order chi connectivity index (χ1) is 15.6. The van der Waals surface area contributed by atoms with Gasteiger partial charge in [-0.15, -0.1) is 0 Å². The summed E-state index contributed by atoms with van der Waals surface area (Å²) in [5.41, 5.74) is 3.89. The van der Waals surface area contributed by atoms with Crippen LogP contribution in [-0.2, 0) is 11.3 Å². The van der Waals surface area contributed by atoms with Crippen LogP contribution in [0.25, 0.3) is 17.0 Å². The SMILES string of the molecule is COCC1(C)C=C(c2nc(-c3cccc(CNCCO)c3)no2)C=CC1c1ccccc1. The van der Waals surface area contributed by atoms with Gasteiger partial charge in [-0.2, -0.15) is 4.98 Å². The third kappa shape index (κ3) is 4.88. The number of aliphatic hydroxyl groups is 1. The first-order valence-corrected chi connectivity index (χ1v) is 10.8. The Bertz CT molecular complexity index is 1090. The number of aromatic nitrogens is 2. The summed E-state index contributed by atoms with van der Waals surface area (Å²) in [5, 5.41) is 16.3. The van der Waals surface area contributed by atoms with Gasteiger partial charge in [0.1, 0.15) is 0 Å². The van der Waals surface area contributed by atoms with Gasteiger partial charge >= 0.3 is 0 Å². The monoisotopic (exact) mass is 431 g/mol. The minimum Gasteiger partial charge on any atom is -0.395 e. The molecule has 2 atom stereocenters. The second kappa shape index (κ2) is 10.0. The molecule has 1 aliphatic rings. The van der Waals surface area contributed by atoms with E-state index in [4.69, 9.17) is 14.4 Å². The van der Waals surface area contributed by atoms with Crippen molar-refractivity contribution in [1.29, 1.82) is 0 Å². The highest BCUT2D eigenvalue weighted by Gasteiger charge is 2.35. The molecule has 32 heavy (non-hydrogen) atoms. The molecule has 3 aromatic rings. The normalized spacial score (nSPS) is 20.3. The zero-order chi connectivity index (χ0) is 22.4. The lowest BCUT2D eigenvalue weighted by Crippen LogP contribution is -2.29. The molecule has 1 heterocycles. The predicted octanol–water partition coefficient (Wildman–Crippen LogP) is 4.21. The summed E-state index contributed by atoms with van der Waals surface area (Å²) in [4.78, 5) is 4.67. The molecule has 1 aromatic heterocycles. The second-order valence-electron chi connectivity index (χ2n) is 8.31. The number of hydrogen-bond acceptors (Lipinski definition) is 6. The lowest BCUT2D eigenvalue weighted by atomic mass is 9.70. The van der Waals surface area contributed by atoms with E-state index in [9.17, 15) is 0 Å². The maximum Gasteiger partial charge on any atom is 0.257 e. The Morgan fingerprint density at radius 2 is 2.00 bits per heavy atom. The summed E-state index contributed by atoms with van der Waals surface area (Å²) in [7, 11) is 1.73. The minimum atomic E-state index is -0.243. The largest absolute Gasteiger partial charge is 0.395 e. The fourth-order valence-corrected chi connectivity index (χ4v) is 4.23. The maximum atomic E-state index is 8.94. The number of rotatable bonds is 9. The van der Waals surface area contributed by atoms with Crippen molar-refractivity contribution in [2.45, 2.75) is 19.4 Å². The number of hydrogen-bond donors (Lipinski definition) is 2. The molecule has 0 amide bonds. The van der Waals surface area contributed by atoms with Gasteiger partial charge in [-0.25, -0.2) is 0 Å². The van der Waals surface area contributed by atoms with Crippen molar-refractivity contribution < 1.29 is 14.4 Å². The number of nitrogens with one attached hydrogen (secondary N) is 1. The number of benzene rings is 2. The van der Waals surface area contributed by atoms with Crippen LogP contribution in [0.4, 0.5) is 0 Å². The Hall–Kier alpha value is -3.06. The van der Waals surface area contributed by atoms with E-state index < -0.39 is 0 Å². The number of aliphatic hydroxyl groups excluding tert-OH is 1. The van der Waals surface area contributed by atoms with Gasteiger partial charge in [-0.05, 0) is 17.2 Å². The minimum absolute atomic E-state index is 0.115. The highest BCUT2D eigenvalue weighted by Crippen LogP contribution is 2.44. The number of nitrogens with zero attached hydrogens (tertiary/aromatic N) is 2. The van der Waals surface area contributed by atoms with Crippen LogP contribution in [0.1, 0.15) is 29.9 Å². The third-order valence-electron chi connectivity index (χ3n) is 5.75. The van der Waals surface area contributed by atoms with Crippen molar-refractivity contribution >= 4 is 5.57 Å². The average Bonchev–Trinajstić information content (AvgIpc) is 3.30. The van der Waals surface area contributed by atoms with Gasteiger partial charge in [0.15, 0.2) is 0 Å². The molecular weight excluding hydrogens is 402 g/mol. The van der Waals surface area contributed by atoms with Gasteiger partial charge < -0.3 is 19.7 Å². The summed E-state index contributed by atoms with van der Waals surface area (Å²) in [5.74, 6) is 1.24. The van der Waals surface area contributed by atoms with E-state index in [1.54, 1.807) is 7.11 Å². The Morgan fingerprint density at radius 3 is 2.78 bits per heavy atom. The van der Waals surface area contributed by atoms with Crippen molar-refractivity contribution in [3.05, 3.63) is 89.8 Å². The van der Waals surface area contributed by atoms with Gasteiger partial charge in [0, 0.05) is 42.7 Å². The van der Waals surface area contributed by atoms with Crippen LogP contribution in [0.2, 0.25) is 0 Å². The zero-order valence-corrected chi connectivity index (χ0v) is 18.5. The molecule has 6 nitrogen and oxygen atoms in total. The number of allylic oxidation sites excluding steroid dienone is 3. The van der Waals surface area contributed by atoms with E-state index in [0.717, 1.165) is 16.7 Å². The molecule has 2 N–H and O–H groups in total.